The van der Waals surface area contributed by atoms with E-state index < -0.39 is 0 Å². The van der Waals surface area contributed by atoms with E-state index in [1.807, 2.05) is 0 Å². The molecule has 0 saturated heterocycles. The molecule has 3 nitrogen and oxygen atoms in total. The largest absolute Gasteiger partial charge is 0.327 e. The van der Waals surface area contributed by atoms with Crippen molar-refractivity contribution in [2.45, 2.75) is 24.6 Å². The molecule has 0 aliphatic carbocycles. The highest BCUT2D eigenvalue weighted by Gasteiger charge is 2.02. The van der Waals surface area contributed by atoms with Crippen molar-refractivity contribution in [2.24, 2.45) is 0 Å². The van der Waals surface area contributed by atoms with E-state index in [2.05, 4.69) is 35.9 Å². The van der Waals surface area contributed by atoms with Gasteiger partial charge < -0.3 is 10.6 Å². The van der Waals surface area contributed by atoms with Crippen molar-refractivity contribution in [2.75, 3.05) is 0 Å². The summed E-state index contributed by atoms with van der Waals surface area (Å²) in [4.78, 5) is 10.7. The van der Waals surface area contributed by atoms with Crippen molar-refractivity contribution < 1.29 is 4.79 Å². The molecular formula is C5H12N2OS2. The zero-order valence-electron chi connectivity index (χ0n) is 5.96. The number of thiol groups is 2. The maximum atomic E-state index is 10.7. The summed E-state index contributed by atoms with van der Waals surface area (Å²) in [7, 11) is 0. The smallest absolute Gasteiger partial charge is 0.316 e. The standard InChI is InChI=1S/C5H12N2OS2/c1-3(9)6-5(8)7-4(2)10/h3-4,9-10H,1-2H3,(H2,6,7,8). The zero-order valence-corrected chi connectivity index (χ0v) is 7.75. The summed E-state index contributed by atoms with van der Waals surface area (Å²) in [5, 5.41) is 4.81. The molecule has 0 aromatic carbocycles. The molecule has 2 unspecified atom stereocenters. The minimum Gasteiger partial charge on any atom is -0.327 e. The predicted octanol–water partition coefficient (Wildman–Crippen LogP) is 0.837. The van der Waals surface area contributed by atoms with Crippen LogP contribution >= 0.6 is 25.3 Å². The second kappa shape index (κ2) is 4.73. The molecule has 0 fully saturated rings. The lowest BCUT2D eigenvalue weighted by Gasteiger charge is -2.10. The Labute approximate surface area is 71.8 Å². The van der Waals surface area contributed by atoms with Gasteiger partial charge in [-0.15, -0.1) is 0 Å². The molecule has 10 heavy (non-hydrogen) atoms. The van der Waals surface area contributed by atoms with Gasteiger partial charge in [0.05, 0.1) is 10.7 Å². The molecule has 0 aliphatic heterocycles. The van der Waals surface area contributed by atoms with Gasteiger partial charge in [0.2, 0.25) is 0 Å². The van der Waals surface area contributed by atoms with Gasteiger partial charge in [0.15, 0.2) is 0 Å². The first-order valence-corrected chi connectivity index (χ1v) is 3.99. The van der Waals surface area contributed by atoms with Crippen LogP contribution < -0.4 is 10.6 Å². The van der Waals surface area contributed by atoms with Crippen molar-refractivity contribution in [1.29, 1.82) is 0 Å². The van der Waals surface area contributed by atoms with Crippen molar-refractivity contribution in [3.05, 3.63) is 0 Å². The third-order valence-corrected chi connectivity index (χ3v) is 0.938. The van der Waals surface area contributed by atoms with Crippen molar-refractivity contribution in [1.82, 2.24) is 10.6 Å². The number of urea groups is 1. The fourth-order valence-electron chi connectivity index (χ4n) is 0.421. The van der Waals surface area contributed by atoms with Gasteiger partial charge in [-0.2, -0.15) is 25.3 Å². The summed E-state index contributed by atoms with van der Waals surface area (Å²) in [5.74, 6) is 0. The number of rotatable bonds is 2. The van der Waals surface area contributed by atoms with Crippen LogP contribution in [0.3, 0.4) is 0 Å². The molecule has 5 heteroatoms. The van der Waals surface area contributed by atoms with Gasteiger partial charge in [0, 0.05) is 0 Å². The van der Waals surface area contributed by atoms with Gasteiger partial charge >= 0.3 is 6.03 Å². The Morgan fingerprint density at radius 2 is 1.50 bits per heavy atom. The predicted molar refractivity (Wildman–Crippen MR) is 48.6 cm³/mol. The van der Waals surface area contributed by atoms with E-state index in [9.17, 15) is 4.79 Å². The highest BCUT2D eigenvalue weighted by molar-refractivity contribution is 7.81. The Hall–Kier alpha value is -0.0300. The van der Waals surface area contributed by atoms with Gasteiger partial charge in [0.25, 0.3) is 0 Å². The highest BCUT2D eigenvalue weighted by atomic mass is 32.1. The molecule has 0 bridgehead atoms. The fraction of sp³-hybridized carbons (Fsp3) is 0.800. The number of carbonyl (C=O) groups excluding carboxylic acids is 1. The molecular weight excluding hydrogens is 168 g/mol. The van der Waals surface area contributed by atoms with Crippen molar-refractivity contribution in [3.8, 4) is 0 Å². The van der Waals surface area contributed by atoms with Crippen LogP contribution in [-0.2, 0) is 0 Å². The molecule has 0 aliphatic rings. The SMILES string of the molecule is CC(S)NC(=O)NC(C)S. The van der Waals surface area contributed by atoms with Crippen LogP contribution in [0.1, 0.15) is 13.8 Å². The van der Waals surface area contributed by atoms with Gasteiger partial charge in [-0.1, -0.05) is 0 Å². The van der Waals surface area contributed by atoms with Gasteiger partial charge in [-0.25, -0.2) is 4.79 Å². The van der Waals surface area contributed by atoms with E-state index in [0.29, 0.717) is 0 Å². The second-order valence-electron chi connectivity index (χ2n) is 1.97. The monoisotopic (exact) mass is 180 g/mol. The van der Waals surface area contributed by atoms with E-state index in [1.54, 1.807) is 13.8 Å². The topological polar surface area (TPSA) is 41.1 Å². The van der Waals surface area contributed by atoms with Crippen LogP contribution in [0, 0.1) is 0 Å². The highest BCUT2D eigenvalue weighted by Crippen LogP contribution is 1.88. The van der Waals surface area contributed by atoms with Gasteiger partial charge in [0.1, 0.15) is 0 Å². The van der Waals surface area contributed by atoms with Crippen LogP contribution in [0.5, 0.6) is 0 Å². The van der Waals surface area contributed by atoms with Crippen LogP contribution in [0.2, 0.25) is 0 Å². The number of hydrogen-bond acceptors (Lipinski definition) is 3. The maximum absolute atomic E-state index is 10.7. The lowest BCUT2D eigenvalue weighted by Crippen LogP contribution is -2.41. The number of amides is 2. The average Bonchev–Trinajstić information content (AvgIpc) is 1.58. The normalized spacial score (nSPS) is 15.6. The van der Waals surface area contributed by atoms with E-state index in [1.165, 1.54) is 0 Å². The fourth-order valence-corrected chi connectivity index (χ4v) is 0.656. The van der Waals surface area contributed by atoms with Crippen molar-refractivity contribution >= 4 is 31.3 Å². The lowest BCUT2D eigenvalue weighted by atomic mass is 10.7. The molecule has 0 aromatic heterocycles. The Bertz CT molecular complexity index is 104. The molecule has 2 N–H and O–H groups in total. The Morgan fingerprint density at radius 1 is 1.20 bits per heavy atom. The molecule has 0 saturated carbocycles. The number of carbonyl (C=O) groups is 1. The Kier molecular flexibility index (Phi) is 4.72. The summed E-state index contributed by atoms with van der Waals surface area (Å²) in [6.45, 7) is 3.54. The van der Waals surface area contributed by atoms with Gasteiger partial charge in [-0.3, -0.25) is 0 Å². The summed E-state index contributed by atoms with van der Waals surface area (Å²) in [5.41, 5.74) is 0. The second-order valence-corrected chi connectivity index (χ2v) is 3.52. The third-order valence-electron chi connectivity index (χ3n) is 0.680. The molecule has 0 rings (SSSR count). The molecule has 0 heterocycles. The molecule has 0 aromatic rings. The lowest BCUT2D eigenvalue weighted by molar-refractivity contribution is 0.240. The first-order chi connectivity index (χ1) is 4.52. The minimum atomic E-state index is -0.245. The molecule has 2 atom stereocenters. The maximum Gasteiger partial charge on any atom is 0.316 e. The minimum absolute atomic E-state index is 0.132. The Morgan fingerprint density at radius 3 is 1.70 bits per heavy atom. The molecule has 60 valence electrons. The van der Waals surface area contributed by atoms with Crippen LogP contribution in [0.4, 0.5) is 4.79 Å². The number of nitrogens with one attached hydrogen (secondary N) is 2. The van der Waals surface area contributed by atoms with Crippen LogP contribution in [0.15, 0.2) is 0 Å². The number of hydrogen-bond donors (Lipinski definition) is 4. The quantitative estimate of drug-likeness (QED) is 0.369. The van der Waals surface area contributed by atoms with E-state index in [-0.39, 0.29) is 16.8 Å². The molecule has 0 radical (unpaired) electrons. The summed E-state index contributed by atoms with van der Waals surface area (Å²) < 4.78 is 0. The van der Waals surface area contributed by atoms with Crippen LogP contribution in [0.25, 0.3) is 0 Å². The van der Waals surface area contributed by atoms with Gasteiger partial charge in [-0.05, 0) is 13.8 Å². The summed E-state index contributed by atoms with van der Waals surface area (Å²) in [6.07, 6.45) is 0. The first-order valence-electron chi connectivity index (χ1n) is 2.95. The Balaban J connectivity index is 3.44. The summed E-state index contributed by atoms with van der Waals surface area (Å²) >= 11 is 7.93. The average molecular weight is 180 g/mol. The first kappa shape index (κ1) is 9.97. The van der Waals surface area contributed by atoms with E-state index in [0.717, 1.165) is 0 Å². The zero-order chi connectivity index (χ0) is 8.15. The molecule has 2 amide bonds. The van der Waals surface area contributed by atoms with E-state index >= 15 is 0 Å². The molecule has 0 spiro atoms. The third kappa shape index (κ3) is 6.10. The summed E-state index contributed by atoms with van der Waals surface area (Å²) in [6, 6.07) is -0.245. The van der Waals surface area contributed by atoms with E-state index in [4.69, 9.17) is 0 Å². The van der Waals surface area contributed by atoms with Crippen LogP contribution in [-0.4, -0.2) is 16.8 Å². The van der Waals surface area contributed by atoms with Crippen molar-refractivity contribution in [3.63, 3.8) is 0 Å².